The number of aryl methyl sites for hydroxylation is 1. The maximum absolute atomic E-state index is 12.5. The van der Waals surface area contributed by atoms with Crippen LogP contribution in [0.4, 0.5) is 0 Å². The zero-order valence-corrected chi connectivity index (χ0v) is 11.5. The Morgan fingerprint density at radius 3 is 2.39 bits per heavy atom. The fourth-order valence-corrected chi connectivity index (χ4v) is 2.59. The molecule has 0 aliphatic carbocycles. The maximum atomic E-state index is 12.5. The molecule has 100 valence electrons. The highest BCUT2D eigenvalue weighted by molar-refractivity contribution is 5.93. The summed E-state index contributed by atoms with van der Waals surface area (Å²) in [5, 5.41) is 7.17. The molecule has 0 atom stereocenters. The first-order valence-electron chi connectivity index (χ1n) is 7.07. The summed E-state index contributed by atoms with van der Waals surface area (Å²) in [5.41, 5.74) is 2.71. The van der Waals surface area contributed by atoms with Crippen molar-refractivity contribution in [1.82, 2.24) is 15.1 Å². The van der Waals surface area contributed by atoms with E-state index >= 15 is 0 Å². The van der Waals surface area contributed by atoms with Crippen LogP contribution in [-0.4, -0.2) is 34.1 Å². The van der Waals surface area contributed by atoms with Crippen molar-refractivity contribution in [2.45, 2.75) is 52.4 Å². The minimum absolute atomic E-state index is 0.102. The number of carbonyl (C=O) groups is 1. The van der Waals surface area contributed by atoms with E-state index in [2.05, 4.69) is 17.1 Å². The average Bonchev–Trinajstić information content (AvgIpc) is 2.69. The fraction of sp³-hybridized carbons (Fsp3) is 0.714. The van der Waals surface area contributed by atoms with E-state index < -0.39 is 0 Å². The van der Waals surface area contributed by atoms with Crippen LogP contribution in [0.5, 0.6) is 0 Å². The van der Waals surface area contributed by atoms with E-state index in [1.54, 1.807) is 0 Å². The van der Waals surface area contributed by atoms with Gasteiger partial charge in [0.1, 0.15) is 0 Å². The van der Waals surface area contributed by atoms with Gasteiger partial charge in [-0.3, -0.25) is 9.89 Å². The Morgan fingerprint density at radius 1 is 1.22 bits per heavy atom. The molecule has 18 heavy (non-hydrogen) atoms. The van der Waals surface area contributed by atoms with Crippen LogP contribution in [0.25, 0.3) is 0 Å². The van der Waals surface area contributed by atoms with Crippen molar-refractivity contribution < 1.29 is 4.79 Å². The summed E-state index contributed by atoms with van der Waals surface area (Å²) in [4.78, 5) is 14.4. The first-order chi connectivity index (χ1) is 8.74. The summed E-state index contributed by atoms with van der Waals surface area (Å²) >= 11 is 0. The van der Waals surface area contributed by atoms with Gasteiger partial charge >= 0.3 is 0 Å². The maximum Gasteiger partial charge on any atom is 0.274 e. The Morgan fingerprint density at radius 2 is 1.83 bits per heavy atom. The fourth-order valence-electron chi connectivity index (χ4n) is 2.59. The first kappa shape index (κ1) is 13.1. The molecule has 1 N–H and O–H groups in total. The SMILES string of the molecule is CCc1[nH]nc(C(=O)N2CCCCCCC2)c1C. The predicted octanol–water partition coefficient (Wildman–Crippen LogP) is 2.69. The van der Waals surface area contributed by atoms with Crippen LogP contribution in [0.1, 0.15) is 60.8 Å². The van der Waals surface area contributed by atoms with Crippen LogP contribution in [0, 0.1) is 6.92 Å². The number of aromatic amines is 1. The van der Waals surface area contributed by atoms with E-state index in [0.717, 1.165) is 43.6 Å². The molecule has 1 aromatic heterocycles. The number of nitrogens with zero attached hydrogens (tertiary/aromatic N) is 2. The van der Waals surface area contributed by atoms with Gasteiger partial charge < -0.3 is 4.90 Å². The Bertz CT molecular complexity index is 403. The molecule has 1 aliphatic rings. The second-order valence-corrected chi connectivity index (χ2v) is 5.09. The normalized spacial score (nSPS) is 17.3. The molecule has 1 amide bonds. The van der Waals surface area contributed by atoms with Crippen LogP contribution < -0.4 is 0 Å². The molecule has 4 nitrogen and oxygen atoms in total. The first-order valence-corrected chi connectivity index (χ1v) is 7.07. The standard InChI is InChI=1S/C14H23N3O/c1-3-12-11(2)13(16-15-12)14(18)17-9-7-5-4-6-8-10-17/h3-10H2,1-2H3,(H,15,16). The van der Waals surface area contributed by atoms with E-state index in [-0.39, 0.29) is 5.91 Å². The molecule has 4 heteroatoms. The van der Waals surface area contributed by atoms with Crippen LogP contribution >= 0.6 is 0 Å². The second kappa shape index (κ2) is 6.03. The molecule has 0 bridgehead atoms. The summed E-state index contributed by atoms with van der Waals surface area (Å²) in [6.07, 6.45) is 6.92. The molecular formula is C14H23N3O. The third kappa shape index (κ3) is 2.74. The van der Waals surface area contributed by atoms with Crippen molar-refractivity contribution in [2.24, 2.45) is 0 Å². The van der Waals surface area contributed by atoms with Gasteiger partial charge in [0.25, 0.3) is 5.91 Å². The predicted molar refractivity (Wildman–Crippen MR) is 71.7 cm³/mol. The van der Waals surface area contributed by atoms with E-state index in [9.17, 15) is 4.79 Å². The topological polar surface area (TPSA) is 49.0 Å². The van der Waals surface area contributed by atoms with Crippen molar-refractivity contribution in [3.05, 3.63) is 17.0 Å². The van der Waals surface area contributed by atoms with Gasteiger partial charge in [-0.15, -0.1) is 0 Å². The molecule has 1 fully saturated rings. The van der Waals surface area contributed by atoms with Crippen LogP contribution in [-0.2, 0) is 6.42 Å². The lowest BCUT2D eigenvalue weighted by atomic mass is 10.1. The number of amides is 1. The Balaban J connectivity index is 2.10. The Labute approximate surface area is 109 Å². The molecule has 0 radical (unpaired) electrons. The minimum Gasteiger partial charge on any atom is -0.337 e. The lowest BCUT2D eigenvalue weighted by Gasteiger charge is -2.24. The largest absolute Gasteiger partial charge is 0.337 e. The Kier molecular flexibility index (Phi) is 4.39. The average molecular weight is 249 g/mol. The molecule has 0 unspecified atom stereocenters. The van der Waals surface area contributed by atoms with Crippen molar-refractivity contribution >= 4 is 5.91 Å². The molecule has 2 heterocycles. The van der Waals surface area contributed by atoms with Gasteiger partial charge in [-0.2, -0.15) is 5.10 Å². The summed E-state index contributed by atoms with van der Waals surface area (Å²) in [5.74, 6) is 0.102. The molecular weight excluding hydrogens is 226 g/mol. The summed E-state index contributed by atoms with van der Waals surface area (Å²) in [6, 6.07) is 0. The third-order valence-electron chi connectivity index (χ3n) is 3.81. The number of carbonyl (C=O) groups excluding carboxylic acids is 1. The number of hydrogen-bond acceptors (Lipinski definition) is 2. The molecule has 1 saturated heterocycles. The number of likely N-dealkylation sites (tertiary alicyclic amines) is 1. The monoisotopic (exact) mass is 249 g/mol. The van der Waals surface area contributed by atoms with E-state index in [4.69, 9.17) is 0 Å². The van der Waals surface area contributed by atoms with Crippen LogP contribution in [0.2, 0.25) is 0 Å². The summed E-state index contributed by atoms with van der Waals surface area (Å²) < 4.78 is 0. The van der Waals surface area contributed by atoms with E-state index in [1.807, 2.05) is 11.8 Å². The molecule has 1 aliphatic heterocycles. The molecule has 0 aromatic carbocycles. The van der Waals surface area contributed by atoms with Gasteiger partial charge in [0.05, 0.1) is 0 Å². The lowest BCUT2D eigenvalue weighted by Crippen LogP contribution is -2.34. The van der Waals surface area contributed by atoms with E-state index in [0.29, 0.717) is 5.69 Å². The zero-order valence-electron chi connectivity index (χ0n) is 11.5. The highest BCUT2D eigenvalue weighted by Crippen LogP contribution is 2.16. The van der Waals surface area contributed by atoms with E-state index in [1.165, 1.54) is 19.3 Å². The Hall–Kier alpha value is -1.32. The number of rotatable bonds is 2. The molecule has 2 rings (SSSR count). The van der Waals surface area contributed by atoms with Crippen LogP contribution in [0.3, 0.4) is 0 Å². The van der Waals surface area contributed by atoms with Crippen LogP contribution in [0.15, 0.2) is 0 Å². The highest BCUT2D eigenvalue weighted by atomic mass is 16.2. The molecule has 1 aromatic rings. The van der Waals surface area contributed by atoms with Crippen molar-refractivity contribution in [2.75, 3.05) is 13.1 Å². The van der Waals surface area contributed by atoms with Gasteiger partial charge in [0, 0.05) is 24.3 Å². The van der Waals surface area contributed by atoms with Gasteiger partial charge in [0.2, 0.25) is 0 Å². The number of nitrogens with one attached hydrogen (secondary N) is 1. The van der Waals surface area contributed by atoms with Gasteiger partial charge in [-0.25, -0.2) is 0 Å². The number of hydrogen-bond donors (Lipinski definition) is 1. The van der Waals surface area contributed by atoms with Crippen molar-refractivity contribution in [1.29, 1.82) is 0 Å². The number of aromatic nitrogens is 2. The zero-order chi connectivity index (χ0) is 13.0. The smallest absolute Gasteiger partial charge is 0.274 e. The highest BCUT2D eigenvalue weighted by Gasteiger charge is 2.21. The lowest BCUT2D eigenvalue weighted by molar-refractivity contribution is 0.0735. The van der Waals surface area contributed by atoms with Crippen molar-refractivity contribution in [3.8, 4) is 0 Å². The minimum atomic E-state index is 0.102. The van der Waals surface area contributed by atoms with Gasteiger partial charge in [-0.05, 0) is 26.2 Å². The molecule has 0 spiro atoms. The van der Waals surface area contributed by atoms with Gasteiger partial charge in [-0.1, -0.05) is 26.2 Å². The third-order valence-corrected chi connectivity index (χ3v) is 3.81. The quantitative estimate of drug-likeness (QED) is 0.876. The van der Waals surface area contributed by atoms with Gasteiger partial charge in [0.15, 0.2) is 5.69 Å². The van der Waals surface area contributed by atoms with Crippen molar-refractivity contribution in [3.63, 3.8) is 0 Å². The summed E-state index contributed by atoms with van der Waals surface area (Å²) in [6.45, 7) is 5.82. The second-order valence-electron chi connectivity index (χ2n) is 5.09. The summed E-state index contributed by atoms with van der Waals surface area (Å²) in [7, 11) is 0. The number of H-pyrrole nitrogens is 1. The molecule has 0 saturated carbocycles.